The van der Waals surface area contributed by atoms with Crippen LogP contribution in [-0.4, -0.2) is 22.3 Å². The summed E-state index contributed by atoms with van der Waals surface area (Å²) in [6.07, 6.45) is 2.09. The Labute approximate surface area is 60.0 Å². The first-order chi connectivity index (χ1) is 4.59. The van der Waals surface area contributed by atoms with Gasteiger partial charge in [-0.05, 0) is 6.92 Å². The van der Waals surface area contributed by atoms with E-state index in [2.05, 4.69) is 0 Å². The van der Waals surface area contributed by atoms with Crippen molar-refractivity contribution in [1.29, 1.82) is 0 Å². The number of aliphatic carboxylic acids is 1. The van der Waals surface area contributed by atoms with Crippen LogP contribution in [0.4, 0.5) is 0 Å². The molecule has 0 saturated heterocycles. The highest BCUT2D eigenvalue weighted by Gasteiger charge is 2.18. The van der Waals surface area contributed by atoms with Crippen molar-refractivity contribution in [3.8, 4) is 0 Å². The van der Waals surface area contributed by atoms with Gasteiger partial charge in [0.15, 0.2) is 6.10 Å². The fourth-order valence-electron chi connectivity index (χ4n) is 0.634. The van der Waals surface area contributed by atoms with E-state index < -0.39 is 12.1 Å². The molecule has 10 heavy (non-hydrogen) atoms. The molecular formula is C7H12O3. The average Bonchev–Trinajstić information content (AvgIpc) is 1.87. The van der Waals surface area contributed by atoms with Crippen LogP contribution < -0.4 is 0 Å². The molecule has 0 spiro atoms. The summed E-state index contributed by atoms with van der Waals surface area (Å²) in [5.74, 6) is -1.49. The van der Waals surface area contributed by atoms with Gasteiger partial charge in [0.1, 0.15) is 0 Å². The Hall–Kier alpha value is -0.830. The summed E-state index contributed by atoms with van der Waals surface area (Å²) in [4.78, 5) is 10.1. The lowest BCUT2D eigenvalue weighted by Crippen LogP contribution is -2.25. The van der Waals surface area contributed by atoms with E-state index in [4.69, 9.17) is 10.2 Å². The number of hydrogen-bond acceptors (Lipinski definition) is 2. The van der Waals surface area contributed by atoms with Crippen LogP contribution in [0.15, 0.2) is 12.2 Å². The van der Waals surface area contributed by atoms with Crippen molar-refractivity contribution < 1.29 is 15.0 Å². The molecule has 0 radical (unpaired) electrons. The van der Waals surface area contributed by atoms with E-state index in [1.165, 1.54) is 0 Å². The number of carbonyl (C=O) groups is 1. The highest BCUT2D eigenvalue weighted by Crippen LogP contribution is 2.03. The molecule has 0 aliphatic heterocycles. The van der Waals surface area contributed by atoms with E-state index in [9.17, 15) is 4.79 Å². The quantitative estimate of drug-likeness (QED) is 0.571. The summed E-state index contributed by atoms with van der Waals surface area (Å²) < 4.78 is 0. The maximum atomic E-state index is 10.1. The highest BCUT2D eigenvalue weighted by atomic mass is 16.4. The molecule has 0 unspecified atom stereocenters. The Balaban J connectivity index is 3.93. The number of allylic oxidation sites excluding steroid dienone is 1. The first-order valence-corrected chi connectivity index (χ1v) is 3.13. The molecule has 0 aromatic carbocycles. The van der Waals surface area contributed by atoms with E-state index >= 15 is 0 Å². The summed E-state index contributed by atoms with van der Waals surface area (Å²) in [7, 11) is 0. The fourth-order valence-corrected chi connectivity index (χ4v) is 0.634. The molecule has 0 rings (SSSR count). The molecule has 58 valence electrons. The van der Waals surface area contributed by atoms with Crippen LogP contribution in [0, 0.1) is 5.92 Å². The van der Waals surface area contributed by atoms with Gasteiger partial charge in [0, 0.05) is 5.92 Å². The summed E-state index contributed by atoms with van der Waals surface area (Å²) in [5, 5.41) is 17.2. The predicted octanol–water partition coefficient (Wildman–Crippen LogP) is 0.644. The van der Waals surface area contributed by atoms with Crippen LogP contribution in [-0.2, 0) is 4.79 Å². The number of carboxylic acids is 1. The van der Waals surface area contributed by atoms with E-state index in [-0.39, 0.29) is 5.92 Å². The molecule has 0 aromatic heterocycles. The zero-order valence-corrected chi connectivity index (χ0v) is 6.11. The summed E-state index contributed by atoms with van der Waals surface area (Å²) in [6, 6.07) is 0. The van der Waals surface area contributed by atoms with Gasteiger partial charge in [0.2, 0.25) is 0 Å². The van der Waals surface area contributed by atoms with Gasteiger partial charge in [-0.3, -0.25) is 0 Å². The van der Waals surface area contributed by atoms with E-state index in [1.54, 1.807) is 26.0 Å². The molecule has 0 aliphatic rings. The van der Waals surface area contributed by atoms with Crippen molar-refractivity contribution in [2.75, 3.05) is 0 Å². The maximum Gasteiger partial charge on any atom is 0.333 e. The van der Waals surface area contributed by atoms with Crippen molar-refractivity contribution in [2.24, 2.45) is 5.92 Å². The lowest BCUT2D eigenvalue weighted by Gasteiger charge is -2.08. The lowest BCUT2D eigenvalue weighted by atomic mass is 10.1. The van der Waals surface area contributed by atoms with Crippen LogP contribution in [0.5, 0.6) is 0 Å². The number of aliphatic hydroxyl groups is 1. The van der Waals surface area contributed by atoms with E-state index in [1.807, 2.05) is 0 Å². The smallest absolute Gasteiger partial charge is 0.333 e. The van der Waals surface area contributed by atoms with Gasteiger partial charge >= 0.3 is 5.97 Å². The Morgan fingerprint density at radius 3 is 2.40 bits per heavy atom. The molecule has 0 heterocycles. The summed E-state index contributed by atoms with van der Waals surface area (Å²) in [6.45, 7) is 3.43. The summed E-state index contributed by atoms with van der Waals surface area (Å²) in [5.41, 5.74) is 0. The van der Waals surface area contributed by atoms with Crippen LogP contribution in [0.2, 0.25) is 0 Å². The van der Waals surface area contributed by atoms with Gasteiger partial charge in [-0.1, -0.05) is 19.1 Å². The minimum Gasteiger partial charge on any atom is -0.479 e. The Morgan fingerprint density at radius 2 is 2.10 bits per heavy atom. The second kappa shape index (κ2) is 4.06. The van der Waals surface area contributed by atoms with Gasteiger partial charge in [-0.25, -0.2) is 4.79 Å². The fraction of sp³-hybridized carbons (Fsp3) is 0.571. The molecule has 2 N–H and O–H groups in total. The minimum absolute atomic E-state index is 0.317. The maximum absolute atomic E-state index is 10.1. The first-order valence-electron chi connectivity index (χ1n) is 3.13. The van der Waals surface area contributed by atoms with E-state index in [0.717, 1.165) is 0 Å². The molecule has 0 fully saturated rings. The molecular weight excluding hydrogens is 132 g/mol. The Kier molecular flexibility index (Phi) is 3.72. The summed E-state index contributed by atoms with van der Waals surface area (Å²) >= 11 is 0. The van der Waals surface area contributed by atoms with Crippen molar-refractivity contribution >= 4 is 5.97 Å². The van der Waals surface area contributed by atoms with E-state index in [0.29, 0.717) is 0 Å². The minimum atomic E-state index is -1.28. The van der Waals surface area contributed by atoms with Crippen LogP contribution in [0.25, 0.3) is 0 Å². The van der Waals surface area contributed by atoms with Crippen LogP contribution in [0.3, 0.4) is 0 Å². The molecule has 0 amide bonds. The topological polar surface area (TPSA) is 57.5 Å². The molecule has 3 nitrogen and oxygen atoms in total. The standard InChI is InChI=1S/C7H12O3/c1-3-4-5(2)6(8)7(9)10/h3-6,8H,1-2H3,(H,9,10)/b4-3+/t5-,6+/m0/s1. The van der Waals surface area contributed by atoms with Crippen LogP contribution >= 0.6 is 0 Å². The molecule has 0 aromatic rings. The molecule has 3 heteroatoms. The third-order valence-electron chi connectivity index (χ3n) is 1.25. The third-order valence-corrected chi connectivity index (χ3v) is 1.25. The normalized spacial score (nSPS) is 17.1. The van der Waals surface area contributed by atoms with Gasteiger partial charge in [0.25, 0.3) is 0 Å². The molecule has 0 saturated carbocycles. The second-order valence-electron chi connectivity index (χ2n) is 2.17. The van der Waals surface area contributed by atoms with Gasteiger partial charge in [-0.15, -0.1) is 0 Å². The number of rotatable bonds is 3. The number of carboxylic acid groups (broad SMARTS) is 1. The predicted molar refractivity (Wildman–Crippen MR) is 37.6 cm³/mol. The van der Waals surface area contributed by atoms with Gasteiger partial charge < -0.3 is 10.2 Å². The SMILES string of the molecule is C/C=C/[C@H](C)[C@@H](O)C(=O)O. The monoisotopic (exact) mass is 144 g/mol. The molecule has 0 bridgehead atoms. The van der Waals surface area contributed by atoms with Crippen molar-refractivity contribution in [1.82, 2.24) is 0 Å². The van der Waals surface area contributed by atoms with Crippen molar-refractivity contribution in [2.45, 2.75) is 20.0 Å². The number of hydrogen-bond donors (Lipinski definition) is 2. The van der Waals surface area contributed by atoms with Crippen molar-refractivity contribution in [3.05, 3.63) is 12.2 Å². The largest absolute Gasteiger partial charge is 0.479 e. The zero-order chi connectivity index (χ0) is 8.15. The second-order valence-corrected chi connectivity index (χ2v) is 2.17. The third kappa shape index (κ3) is 2.64. The Bertz CT molecular complexity index is 140. The van der Waals surface area contributed by atoms with Gasteiger partial charge in [-0.2, -0.15) is 0 Å². The molecule has 0 aliphatic carbocycles. The highest BCUT2D eigenvalue weighted by molar-refractivity contribution is 5.72. The van der Waals surface area contributed by atoms with Crippen LogP contribution in [0.1, 0.15) is 13.8 Å². The first kappa shape index (κ1) is 9.17. The average molecular weight is 144 g/mol. The zero-order valence-electron chi connectivity index (χ0n) is 6.11. The van der Waals surface area contributed by atoms with Gasteiger partial charge in [0.05, 0.1) is 0 Å². The van der Waals surface area contributed by atoms with Crippen molar-refractivity contribution in [3.63, 3.8) is 0 Å². The number of aliphatic hydroxyl groups excluding tert-OH is 1. The molecule has 2 atom stereocenters. The lowest BCUT2D eigenvalue weighted by molar-refractivity contribution is -0.148. The Morgan fingerprint density at radius 1 is 1.60 bits per heavy atom.